The van der Waals surface area contributed by atoms with Gasteiger partial charge in [0.25, 0.3) is 11.8 Å². The first-order valence-electron chi connectivity index (χ1n) is 8.62. The van der Waals surface area contributed by atoms with E-state index in [0.717, 1.165) is 24.3 Å². The van der Waals surface area contributed by atoms with E-state index < -0.39 is 0 Å². The molecule has 6 nitrogen and oxygen atoms in total. The lowest BCUT2D eigenvalue weighted by Gasteiger charge is -2.31. The highest BCUT2D eigenvalue weighted by Crippen LogP contribution is 2.30. The average molecular weight is 369 g/mol. The Kier molecular flexibility index (Phi) is 4.97. The van der Waals surface area contributed by atoms with Gasteiger partial charge in [0.2, 0.25) is 5.89 Å². The Morgan fingerprint density at radius 3 is 2.92 bits per heavy atom. The second kappa shape index (κ2) is 7.70. The fraction of sp³-hybridized carbons (Fsp3) is 0.316. The Hall–Kier alpha value is -2.67. The number of hydrogen-bond donors (Lipinski definition) is 0. The molecule has 1 saturated heterocycles. The van der Waals surface area contributed by atoms with Crippen LogP contribution in [0.5, 0.6) is 5.75 Å². The lowest BCUT2D eigenvalue weighted by Crippen LogP contribution is -2.41. The molecule has 134 valence electrons. The third-order valence-corrected chi connectivity index (χ3v) is 5.26. The Labute approximate surface area is 155 Å². The number of nitrogens with zero attached hydrogens (tertiary/aromatic N) is 3. The third kappa shape index (κ3) is 3.77. The molecule has 1 aliphatic heterocycles. The minimum atomic E-state index is -0.0171. The van der Waals surface area contributed by atoms with Crippen LogP contribution in [0, 0.1) is 0 Å². The number of aromatic nitrogens is 2. The molecule has 26 heavy (non-hydrogen) atoms. The maximum atomic E-state index is 12.5. The van der Waals surface area contributed by atoms with Gasteiger partial charge in [-0.15, -0.1) is 21.5 Å². The standard InChI is InChI=1S/C19H19N3O3S/c23-17(13-24-15-7-2-1-3-8-15)22-10-4-6-14(12-22)18-20-21-19(25-18)16-9-5-11-26-16/h1-3,5,7-9,11,14H,4,6,10,12-13H2/t14-/m1/s1. The highest BCUT2D eigenvalue weighted by atomic mass is 32.1. The highest BCUT2D eigenvalue weighted by Gasteiger charge is 2.28. The summed E-state index contributed by atoms with van der Waals surface area (Å²) in [4.78, 5) is 15.3. The molecular formula is C19H19N3O3S. The number of rotatable bonds is 5. The molecular weight excluding hydrogens is 350 g/mol. The van der Waals surface area contributed by atoms with Crippen LogP contribution in [0.1, 0.15) is 24.7 Å². The first kappa shape index (κ1) is 16.8. The van der Waals surface area contributed by atoms with Gasteiger partial charge in [-0.05, 0) is 36.4 Å². The smallest absolute Gasteiger partial charge is 0.260 e. The van der Waals surface area contributed by atoms with Gasteiger partial charge in [-0.1, -0.05) is 24.3 Å². The van der Waals surface area contributed by atoms with Crippen molar-refractivity contribution in [2.45, 2.75) is 18.8 Å². The number of carbonyl (C=O) groups excluding carboxylic acids is 1. The van der Waals surface area contributed by atoms with Gasteiger partial charge in [-0.3, -0.25) is 4.79 Å². The van der Waals surface area contributed by atoms with E-state index in [1.54, 1.807) is 11.3 Å². The van der Waals surface area contributed by atoms with Crippen LogP contribution in [0.4, 0.5) is 0 Å². The highest BCUT2D eigenvalue weighted by molar-refractivity contribution is 7.13. The number of piperidine rings is 1. The molecule has 2 aromatic heterocycles. The van der Waals surface area contributed by atoms with Crippen LogP contribution in [0.15, 0.2) is 52.3 Å². The van der Waals surface area contributed by atoms with Crippen molar-refractivity contribution in [1.82, 2.24) is 15.1 Å². The van der Waals surface area contributed by atoms with E-state index in [4.69, 9.17) is 9.15 Å². The quantitative estimate of drug-likeness (QED) is 0.687. The number of thiophene rings is 1. The van der Waals surface area contributed by atoms with E-state index in [9.17, 15) is 4.79 Å². The molecule has 3 heterocycles. The molecule has 1 amide bonds. The first-order chi connectivity index (χ1) is 12.8. The lowest BCUT2D eigenvalue weighted by atomic mass is 9.98. The molecule has 0 saturated carbocycles. The van der Waals surface area contributed by atoms with Crippen molar-refractivity contribution in [2.24, 2.45) is 0 Å². The minimum absolute atomic E-state index is 0.0171. The molecule has 0 N–H and O–H groups in total. The van der Waals surface area contributed by atoms with Crippen LogP contribution < -0.4 is 4.74 Å². The summed E-state index contributed by atoms with van der Waals surface area (Å²) in [5, 5.41) is 10.3. The van der Waals surface area contributed by atoms with Gasteiger partial charge in [0, 0.05) is 13.1 Å². The van der Waals surface area contributed by atoms with Crippen LogP contribution >= 0.6 is 11.3 Å². The summed E-state index contributed by atoms with van der Waals surface area (Å²) >= 11 is 1.57. The van der Waals surface area contributed by atoms with E-state index in [-0.39, 0.29) is 18.4 Å². The number of likely N-dealkylation sites (tertiary alicyclic amines) is 1. The molecule has 4 rings (SSSR count). The van der Waals surface area contributed by atoms with E-state index in [0.29, 0.717) is 24.1 Å². The maximum absolute atomic E-state index is 12.5. The third-order valence-electron chi connectivity index (χ3n) is 4.40. The molecule has 1 aliphatic rings. The van der Waals surface area contributed by atoms with E-state index in [1.807, 2.05) is 52.7 Å². The van der Waals surface area contributed by atoms with Gasteiger partial charge < -0.3 is 14.1 Å². The SMILES string of the molecule is O=C(COc1ccccc1)N1CCC[C@@H](c2nnc(-c3cccs3)o2)C1. The Balaban J connectivity index is 1.37. The molecule has 0 spiro atoms. The minimum Gasteiger partial charge on any atom is -0.484 e. The van der Waals surface area contributed by atoms with Crippen LogP contribution in [-0.4, -0.2) is 40.7 Å². The van der Waals surface area contributed by atoms with Crippen molar-refractivity contribution in [3.63, 3.8) is 0 Å². The van der Waals surface area contributed by atoms with Gasteiger partial charge in [0.15, 0.2) is 6.61 Å². The number of amides is 1. The number of benzene rings is 1. The number of carbonyl (C=O) groups is 1. The summed E-state index contributed by atoms with van der Waals surface area (Å²) in [7, 11) is 0. The van der Waals surface area contributed by atoms with Gasteiger partial charge >= 0.3 is 0 Å². The summed E-state index contributed by atoms with van der Waals surface area (Å²) in [6.07, 6.45) is 1.86. The van der Waals surface area contributed by atoms with Crippen molar-refractivity contribution in [3.05, 3.63) is 53.7 Å². The van der Waals surface area contributed by atoms with Gasteiger partial charge in [0.05, 0.1) is 10.8 Å². The molecule has 1 aromatic carbocycles. The normalized spacial score (nSPS) is 17.2. The Bertz CT molecular complexity index is 848. The zero-order valence-electron chi connectivity index (χ0n) is 14.2. The van der Waals surface area contributed by atoms with Crippen molar-refractivity contribution in [1.29, 1.82) is 0 Å². The summed E-state index contributed by atoms with van der Waals surface area (Å²) in [6.45, 7) is 1.36. The van der Waals surface area contributed by atoms with Crippen molar-refractivity contribution in [3.8, 4) is 16.5 Å². The topological polar surface area (TPSA) is 68.5 Å². The van der Waals surface area contributed by atoms with Crippen LogP contribution in [-0.2, 0) is 4.79 Å². The number of para-hydroxylation sites is 1. The second-order valence-corrected chi connectivity index (χ2v) is 7.15. The molecule has 3 aromatic rings. The predicted octanol–water partition coefficient (Wildman–Crippen LogP) is 3.58. The van der Waals surface area contributed by atoms with Crippen molar-refractivity contribution in [2.75, 3.05) is 19.7 Å². The van der Waals surface area contributed by atoms with Crippen LogP contribution in [0.25, 0.3) is 10.8 Å². The average Bonchev–Trinajstić information content (AvgIpc) is 3.38. The zero-order chi connectivity index (χ0) is 17.8. The van der Waals surface area contributed by atoms with E-state index >= 15 is 0 Å². The monoisotopic (exact) mass is 369 g/mol. The summed E-state index contributed by atoms with van der Waals surface area (Å²) in [5.74, 6) is 1.91. The number of ether oxygens (including phenoxy) is 1. The lowest BCUT2D eigenvalue weighted by molar-refractivity contribution is -0.134. The number of hydrogen-bond acceptors (Lipinski definition) is 6. The van der Waals surface area contributed by atoms with Gasteiger partial charge in [0.1, 0.15) is 5.75 Å². The molecule has 0 bridgehead atoms. The van der Waals surface area contributed by atoms with Gasteiger partial charge in [-0.2, -0.15) is 0 Å². The Morgan fingerprint density at radius 2 is 2.12 bits per heavy atom. The molecule has 0 aliphatic carbocycles. The molecule has 7 heteroatoms. The predicted molar refractivity (Wildman–Crippen MR) is 98.1 cm³/mol. The molecule has 0 unspecified atom stereocenters. The summed E-state index contributed by atoms with van der Waals surface area (Å²) < 4.78 is 11.4. The van der Waals surface area contributed by atoms with E-state index in [1.165, 1.54) is 0 Å². The molecule has 1 atom stereocenters. The summed E-state index contributed by atoms with van der Waals surface area (Å²) in [6, 6.07) is 13.3. The van der Waals surface area contributed by atoms with Crippen LogP contribution in [0.3, 0.4) is 0 Å². The fourth-order valence-electron chi connectivity index (χ4n) is 3.06. The summed E-state index contributed by atoms with van der Waals surface area (Å²) in [5.41, 5.74) is 0. The molecule has 0 radical (unpaired) electrons. The second-order valence-electron chi connectivity index (χ2n) is 6.20. The maximum Gasteiger partial charge on any atom is 0.260 e. The van der Waals surface area contributed by atoms with Crippen molar-refractivity contribution < 1.29 is 13.9 Å². The molecule has 1 fully saturated rings. The van der Waals surface area contributed by atoms with Crippen LogP contribution in [0.2, 0.25) is 0 Å². The van der Waals surface area contributed by atoms with Crippen molar-refractivity contribution >= 4 is 17.2 Å². The first-order valence-corrected chi connectivity index (χ1v) is 9.50. The Morgan fingerprint density at radius 1 is 1.23 bits per heavy atom. The zero-order valence-corrected chi connectivity index (χ0v) is 15.0. The van der Waals surface area contributed by atoms with Gasteiger partial charge in [-0.25, -0.2) is 0 Å². The fourth-order valence-corrected chi connectivity index (χ4v) is 3.70. The largest absolute Gasteiger partial charge is 0.484 e. The van der Waals surface area contributed by atoms with E-state index in [2.05, 4.69) is 10.2 Å².